The number of hydrogen-bond acceptors (Lipinski definition) is 8. The zero-order valence-corrected chi connectivity index (χ0v) is 21.6. The number of aliphatic hydroxyl groups is 1. The van der Waals surface area contributed by atoms with Crippen molar-refractivity contribution in [2.45, 2.75) is 32.0 Å². The van der Waals surface area contributed by atoms with Gasteiger partial charge >= 0.3 is 0 Å². The number of nitrogens with one attached hydrogen (secondary N) is 3. The van der Waals surface area contributed by atoms with Crippen molar-refractivity contribution in [2.75, 3.05) is 11.9 Å². The number of ether oxygens (including phenoxy) is 1. The number of amides is 3. The number of rotatable bonds is 6. The molecule has 1 aliphatic carbocycles. The average molecular weight is 559 g/mol. The highest BCUT2D eigenvalue weighted by atomic mass is 19.1. The molecule has 6 rings (SSSR count). The van der Waals surface area contributed by atoms with E-state index in [0.717, 1.165) is 16.3 Å². The minimum absolute atomic E-state index is 0.0470. The lowest BCUT2D eigenvalue weighted by molar-refractivity contribution is -0.118. The molecule has 2 aromatic heterocycles. The fourth-order valence-corrected chi connectivity index (χ4v) is 4.97. The highest BCUT2D eigenvalue weighted by Gasteiger charge is 2.34. The van der Waals surface area contributed by atoms with E-state index in [4.69, 9.17) is 4.74 Å². The molecule has 208 valence electrons. The third-order valence-corrected chi connectivity index (χ3v) is 7.01. The molecule has 2 aromatic carbocycles. The van der Waals surface area contributed by atoms with Crippen LogP contribution in [0.15, 0.2) is 48.7 Å². The molecule has 0 unspecified atom stereocenters. The topological polar surface area (TPSA) is 164 Å². The van der Waals surface area contributed by atoms with Gasteiger partial charge in [0.05, 0.1) is 24.0 Å². The first-order chi connectivity index (χ1) is 19.7. The van der Waals surface area contributed by atoms with E-state index in [0.29, 0.717) is 28.1 Å². The third-order valence-electron chi connectivity index (χ3n) is 7.01. The molecule has 0 saturated carbocycles. The molecule has 3 heterocycles. The van der Waals surface area contributed by atoms with Crippen LogP contribution < -0.4 is 20.7 Å². The van der Waals surface area contributed by atoms with E-state index in [1.807, 2.05) is 0 Å². The van der Waals surface area contributed by atoms with Crippen molar-refractivity contribution in [3.05, 3.63) is 88.1 Å². The van der Waals surface area contributed by atoms with E-state index in [9.17, 15) is 28.7 Å². The number of halogens is 1. The first kappa shape index (κ1) is 26.1. The molecule has 0 bridgehead atoms. The van der Waals surface area contributed by atoms with Gasteiger partial charge < -0.3 is 25.8 Å². The molecule has 4 N–H and O–H groups in total. The van der Waals surface area contributed by atoms with Gasteiger partial charge in [0.15, 0.2) is 23.9 Å². The number of aliphatic hydroxyl groups excluding tert-OH is 1. The van der Waals surface area contributed by atoms with E-state index < -0.39 is 29.8 Å². The minimum Gasteiger partial charge on any atom is -0.482 e. The van der Waals surface area contributed by atoms with Crippen molar-refractivity contribution in [1.29, 1.82) is 0 Å². The molecule has 0 spiro atoms. The molecule has 4 aromatic rings. The first-order valence-electron chi connectivity index (χ1n) is 12.7. The molecule has 0 saturated heterocycles. The summed E-state index contributed by atoms with van der Waals surface area (Å²) in [5.74, 6) is -2.13. The molecular formula is C28H23FN6O6. The number of anilines is 1. The number of ketones is 1. The summed E-state index contributed by atoms with van der Waals surface area (Å²) in [6.45, 7) is 1.41. The van der Waals surface area contributed by atoms with Crippen molar-refractivity contribution in [1.82, 2.24) is 25.2 Å². The van der Waals surface area contributed by atoms with E-state index in [2.05, 4.69) is 26.0 Å². The maximum atomic E-state index is 14.5. The van der Waals surface area contributed by atoms with Gasteiger partial charge in [0, 0.05) is 24.6 Å². The van der Waals surface area contributed by atoms with Gasteiger partial charge in [0.1, 0.15) is 17.1 Å². The summed E-state index contributed by atoms with van der Waals surface area (Å²) < 4.78 is 20.8. The lowest BCUT2D eigenvalue weighted by atomic mass is 10.0. The number of fused-ring (bicyclic) bond motifs is 3. The highest BCUT2D eigenvalue weighted by Crippen LogP contribution is 2.33. The van der Waals surface area contributed by atoms with E-state index in [1.165, 1.54) is 13.0 Å². The molecule has 12 nitrogen and oxygen atoms in total. The van der Waals surface area contributed by atoms with Gasteiger partial charge in [-0.05, 0) is 41.8 Å². The smallest absolute Gasteiger partial charge is 0.270 e. The van der Waals surface area contributed by atoms with Crippen molar-refractivity contribution in [2.24, 2.45) is 0 Å². The number of benzene rings is 2. The van der Waals surface area contributed by atoms with Crippen LogP contribution in [0.1, 0.15) is 61.0 Å². The molecule has 1 aliphatic heterocycles. The quantitative estimate of drug-likeness (QED) is 0.260. The van der Waals surface area contributed by atoms with Gasteiger partial charge in [-0.15, -0.1) is 0 Å². The summed E-state index contributed by atoms with van der Waals surface area (Å²) in [6, 6.07) is 10.4. The molecule has 0 radical (unpaired) electrons. The zero-order chi connectivity index (χ0) is 28.8. The normalized spacial score (nSPS) is 17.3. The summed E-state index contributed by atoms with van der Waals surface area (Å²) in [7, 11) is 0. The monoisotopic (exact) mass is 558 g/mol. The van der Waals surface area contributed by atoms with Gasteiger partial charge in [-0.1, -0.05) is 18.2 Å². The SMILES string of the molecule is CC(=O)c1ccc2c(c1)C[C@@H](O)[C@@H]2NC(=O)c1cc(C(=O)NCc2ccc3c(c2)NC(=O)CO3)nc2c(F)cnn12. The second kappa shape index (κ2) is 10.1. The summed E-state index contributed by atoms with van der Waals surface area (Å²) in [5.41, 5.74) is 2.28. The molecule has 13 heteroatoms. The molecule has 41 heavy (non-hydrogen) atoms. The maximum absolute atomic E-state index is 14.5. The second-order valence-electron chi connectivity index (χ2n) is 9.80. The average Bonchev–Trinajstić information content (AvgIpc) is 3.48. The van der Waals surface area contributed by atoms with Crippen LogP contribution in [-0.2, 0) is 17.8 Å². The Morgan fingerprint density at radius 2 is 2.00 bits per heavy atom. The Balaban J connectivity index is 1.24. The van der Waals surface area contributed by atoms with Crippen molar-refractivity contribution < 1.29 is 33.4 Å². The number of hydrogen-bond donors (Lipinski definition) is 4. The highest BCUT2D eigenvalue weighted by molar-refractivity contribution is 5.99. The summed E-state index contributed by atoms with van der Waals surface area (Å²) in [4.78, 5) is 53.9. The largest absolute Gasteiger partial charge is 0.482 e. The summed E-state index contributed by atoms with van der Waals surface area (Å²) in [6.07, 6.45) is 0.153. The van der Waals surface area contributed by atoms with Gasteiger partial charge in [-0.2, -0.15) is 5.10 Å². The molecule has 0 fully saturated rings. The van der Waals surface area contributed by atoms with Crippen LogP contribution in [0, 0.1) is 5.82 Å². The Kier molecular flexibility index (Phi) is 6.42. The van der Waals surface area contributed by atoms with Gasteiger partial charge in [0.25, 0.3) is 17.7 Å². The fourth-order valence-electron chi connectivity index (χ4n) is 4.97. The molecular weight excluding hydrogens is 535 g/mol. The van der Waals surface area contributed by atoms with Crippen LogP contribution in [0.4, 0.5) is 10.1 Å². The number of aromatic nitrogens is 3. The fraction of sp³-hybridized carbons (Fsp3) is 0.214. The number of carbonyl (C=O) groups excluding carboxylic acids is 4. The lowest BCUT2D eigenvalue weighted by Crippen LogP contribution is -2.35. The Labute approximate surface area is 231 Å². The molecule has 2 aliphatic rings. The van der Waals surface area contributed by atoms with Gasteiger partial charge in [0.2, 0.25) is 0 Å². The lowest BCUT2D eigenvalue weighted by Gasteiger charge is -2.19. The van der Waals surface area contributed by atoms with Crippen LogP contribution >= 0.6 is 0 Å². The number of nitrogens with zero attached hydrogens (tertiary/aromatic N) is 3. The van der Waals surface area contributed by atoms with Crippen LogP contribution in [0.25, 0.3) is 5.65 Å². The number of carbonyl (C=O) groups is 4. The van der Waals surface area contributed by atoms with Crippen molar-refractivity contribution in [3.8, 4) is 5.75 Å². The van der Waals surface area contributed by atoms with E-state index in [-0.39, 0.29) is 48.3 Å². The third kappa shape index (κ3) is 4.87. The molecule has 3 amide bonds. The second-order valence-corrected chi connectivity index (χ2v) is 9.80. The van der Waals surface area contributed by atoms with Gasteiger partial charge in [-0.25, -0.2) is 13.9 Å². The van der Waals surface area contributed by atoms with E-state index >= 15 is 0 Å². The van der Waals surface area contributed by atoms with Gasteiger partial charge in [-0.3, -0.25) is 19.2 Å². The number of Topliss-reactive ketones (excluding diaryl/α,β-unsaturated/α-hetero) is 1. The predicted molar refractivity (Wildman–Crippen MR) is 141 cm³/mol. The minimum atomic E-state index is -0.961. The standard InChI is InChI=1S/C28H23FN6O6/c1-13(36)15-3-4-17-16(7-15)8-22(37)25(17)34-28(40)21-9-20(33-26-18(29)11-31-35(21)26)27(39)30-10-14-2-5-23-19(6-14)32-24(38)12-41-23/h2-7,9,11,22,25,37H,8,10,12H2,1H3,(H,30,39)(H,32,38)(H,34,40)/t22-,25-/m1/s1. The van der Waals surface area contributed by atoms with Crippen molar-refractivity contribution >= 4 is 34.8 Å². The zero-order valence-electron chi connectivity index (χ0n) is 21.6. The summed E-state index contributed by atoms with van der Waals surface area (Å²) >= 11 is 0. The Hall–Kier alpha value is -5.17. The van der Waals surface area contributed by atoms with E-state index in [1.54, 1.807) is 36.4 Å². The van der Waals surface area contributed by atoms with Crippen LogP contribution in [0.3, 0.4) is 0 Å². The maximum Gasteiger partial charge on any atom is 0.270 e. The van der Waals surface area contributed by atoms with Crippen molar-refractivity contribution in [3.63, 3.8) is 0 Å². The molecule has 2 atom stereocenters. The Morgan fingerprint density at radius 1 is 1.17 bits per heavy atom. The van der Waals surface area contributed by atoms with Crippen LogP contribution in [0.2, 0.25) is 0 Å². The van der Waals surface area contributed by atoms with Crippen LogP contribution in [-0.4, -0.2) is 55.9 Å². The summed E-state index contributed by atoms with van der Waals surface area (Å²) in [5, 5.41) is 22.7. The Morgan fingerprint density at radius 3 is 2.80 bits per heavy atom. The predicted octanol–water partition coefficient (Wildman–Crippen LogP) is 1.72. The van der Waals surface area contributed by atoms with Crippen LogP contribution in [0.5, 0.6) is 5.75 Å². The first-order valence-corrected chi connectivity index (χ1v) is 12.7. The Bertz CT molecular complexity index is 1770.